The molecule has 0 heterocycles. The number of allylic oxidation sites excluding steroid dienone is 8. The van der Waals surface area contributed by atoms with Gasteiger partial charge < -0.3 is 0 Å². The quantitative estimate of drug-likeness (QED) is 0.494. The zero-order valence-electron chi connectivity index (χ0n) is 8.73. The molecule has 0 spiro atoms. The van der Waals surface area contributed by atoms with Gasteiger partial charge in [-0.1, -0.05) is 48.6 Å². The third-order valence-corrected chi connectivity index (χ3v) is 2.09. The first kappa shape index (κ1) is 11.0. The molecule has 0 amide bonds. The summed E-state index contributed by atoms with van der Waals surface area (Å²) in [6, 6.07) is 0. The van der Waals surface area contributed by atoms with Gasteiger partial charge in [0.05, 0.1) is 0 Å². The minimum atomic E-state index is 1.05. The molecule has 0 aromatic rings. The molecule has 1 aliphatic rings. The van der Waals surface area contributed by atoms with E-state index in [-0.39, 0.29) is 0 Å². The van der Waals surface area contributed by atoms with Gasteiger partial charge in [-0.05, 0) is 38.5 Å². The van der Waals surface area contributed by atoms with Crippen LogP contribution in [0.25, 0.3) is 0 Å². The van der Waals surface area contributed by atoms with Crippen molar-refractivity contribution in [2.45, 2.75) is 32.1 Å². The molecule has 0 saturated carbocycles. The molecule has 0 unspecified atom stereocenters. The number of hydrogen-bond donors (Lipinski definition) is 0. The number of hydrogen-bond acceptors (Lipinski definition) is 0. The predicted octanol–water partition coefficient (Wildman–Crippen LogP) is 4.38. The van der Waals surface area contributed by atoms with Crippen molar-refractivity contribution < 1.29 is 0 Å². The van der Waals surface area contributed by atoms with Gasteiger partial charge >= 0.3 is 0 Å². The van der Waals surface area contributed by atoms with Crippen LogP contribution in [0.15, 0.2) is 48.6 Å². The smallest absolute Gasteiger partial charge is 0.0166 e. The maximum Gasteiger partial charge on any atom is -0.0166 e. The molecular weight excluding hydrogens is 168 g/mol. The minimum absolute atomic E-state index is 1.05. The Balaban J connectivity index is 2.35. The van der Waals surface area contributed by atoms with Gasteiger partial charge in [0.2, 0.25) is 0 Å². The van der Waals surface area contributed by atoms with Crippen molar-refractivity contribution in [3.63, 3.8) is 0 Å². The summed E-state index contributed by atoms with van der Waals surface area (Å²) in [5.74, 6) is 0. The summed E-state index contributed by atoms with van der Waals surface area (Å²) < 4.78 is 0. The first-order chi connectivity index (χ1) is 7.00. The lowest BCUT2D eigenvalue weighted by Gasteiger charge is -1.91. The van der Waals surface area contributed by atoms with Gasteiger partial charge in [-0.15, -0.1) is 0 Å². The SMILES string of the molecule is [CH]1C/C=C\C/C=C\C=C\CC/C=C/C1. The lowest BCUT2D eigenvalue weighted by molar-refractivity contribution is 1.03. The van der Waals surface area contributed by atoms with Crippen LogP contribution in [0, 0.1) is 6.42 Å². The van der Waals surface area contributed by atoms with Crippen LogP contribution in [0.2, 0.25) is 0 Å². The van der Waals surface area contributed by atoms with Crippen LogP contribution in [-0.4, -0.2) is 0 Å². The molecule has 1 aliphatic carbocycles. The lowest BCUT2D eigenvalue weighted by Crippen LogP contribution is -1.72. The molecule has 0 nitrogen and oxygen atoms in total. The van der Waals surface area contributed by atoms with Crippen LogP contribution in [0.4, 0.5) is 0 Å². The standard InChI is InChI=1S/C14H19/c1-2-4-6-8-10-12-14-13-11-9-7-5-3-1/h1-4,7,9-10,12-13H,5-6,8,11,14H2/b3-1-,4-2+,9-7-,12-10+. The Hall–Kier alpha value is -1.04. The third-order valence-electron chi connectivity index (χ3n) is 2.09. The first-order valence-electron chi connectivity index (χ1n) is 5.43. The van der Waals surface area contributed by atoms with Crippen LogP contribution < -0.4 is 0 Å². The maximum atomic E-state index is 2.30. The Morgan fingerprint density at radius 1 is 0.500 bits per heavy atom. The fourth-order valence-electron chi connectivity index (χ4n) is 1.30. The molecule has 0 N–H and O–H groups in total. The van der Waals surface area contributed by atoms with E-state index < -0.39 is 0 Å². The third kappa shape index (κ3) is 6.47. The molecule has 75 valence electrons. The summed E-state index contributed by atoms with van der Waals surface area (Å²) in [5, 5.41) is 0. The van der Waals surface area contributed by atoms with Gasteiger partial charge in [0.25, 0.3) is 0 Å². The molecule has 0 bridgehead atoms. The number of rotatable bonds is 0. The van der Waals surface area contributed by atoms with Gasteiger partial charge in [-0.3, -0.25) is 0 Å². The van der Waals surface area contributed by atoms with E-state index in [4.69, 9.17) is 0 Å². The average molecular weight is 187 g/mol. The molecule has 0 atom stereocenters. The van der Waals surface area contributed by atoms with Crippen molar-refractivity contribution >= 4 is 0 Å². The second kappa shape index (κ2) is 8.55. The summed E-state index contributed by atoms with van der Waals surface area (Å²) in [6.45, 7) is 0. The molecule has 0 aliphatic heterocycles. The Morgan fingerprint density at radius 3 is 2.07 bits per heavy atom. The highest BCUT2D eigenvalue weighted by atomic mass is 13.9. The molecule has 14 heavy (non-hydrogen) atoms. The topological polar surface area (TPSA) is 0 Å². The average Bonchev–Trinajstić information content (AvgIpc) is 2.22. The highest BCUT2D eigenvalue weighted by molar-refractivity contribution is 5.06. The predicted molar refractivity (Wildman–Crippen MR) is 63.9 cm³/mol. The molecular formula is C14H19. The molecule has 1 radical (unpaired) electrons. The Labute approximate surface area is 87.7 Å². The van der Waals surface area contributed by atoms with E-state index in [9.17, 15) is 0 Å². The molecule has 0 fully saturated rings. The highest BCUT2D eigenvalue weighted by Crippen LogP contribution is 2.01. The molecule has 1 rings (SSSR count). The van der Waals surface area contributed by atoms with E-state index in [2.05, 4.69) is 55.0 Å². The highest BCUT2D eigenvalue weighted by Gasteiger charge is 1.82. The van der Waals surface area contributed by atoms with Gasteiger partial charge in [0.1, 0.15) is 0 Å². The largest absolute Gasteiger partial charge is 0.0882 e. The summed E-state index contributed by atoms with van der Waals surface area (Å²) >= 11 is 0. The van der Waals surface area contributed by atoms with Crippen molar-refractivity contribution in [1.29, 1.82) is 0 Å². The van der Waals surface area contributed by atoms with Crippen LogP contribution in [0.1, 0.15) is 32.1 Å². The molecule has 0 aromatic heterocycles. The van der Waals surface area contributed by atoms with Gasteiger partial charge in [0.15, 0.2) is 0 Å². The Kier molecular flexibility index (Phi) is 6.74. The minimum Gasteiger partial charge on any atom is -0.0882 e. The fourth-order valence-corrected chi connectivity index (χ4v) is 1.30. The zero-order valence-corrected chi connectivity index (χ0v) is 8.73. The van der Waals surface area contributed by atoms with Crippen molar-refractivity contribution in [1.82, 2.24) is 0 Å². The second-order valence-electron chi connectivity index (χ2n) is 3.37. The summed E-state index contributed by atoms with van der Waals surface area (Å²) in [7, 11) is 0. The van der Waals surface area contributed by atoms with Crippen molar-refractivity contribution in [3.8, 4) is 0 Å². The van der Waals surface area contributed by atoms with Gasteiger partial charge in [0, 0.05) is 0 Å². The lowest BCUT2D eigenvalue weighted by atomic mass is 10.2. The van der Waals surface area contributed by atoms with Crippen molar-refractivity contribution in [2.24, 2.45) is 0 Å². The second-order valence-corrected chi connectivity index (χ2v) is 3.37. The van der Waals surface area contributed by atoms with Gasteiger partial charge in [-0.2, -0.15) is 0 Å². The van der Waals surface area contributed by atoms with Crippen LogP contribution in [-0.2, 0) is 0 Å². The van der Waals surface area contributed by atoms with Crippen molar-refractivity contribution in [3.05, 3.63) is 55.0 Å². The summed E-state index contributed by atoms with van der Waals surface area (Å²) in [6.07, 6.45) is 25.5. The zero-order chi connectivity index (χ0) is 9.90. The molecule has 0 heteroatoms. The monoisotopic (exact) mass is 187 g/mol. The van der Waals surface area contributed by atoms with E-state index in [0.29, 0.717) is 0 Å². The summed E-state index contributed by atoms with van der Waals surface area (Å²) in [5.41, 5.74) is 0. The van der Waals surface area contributed by atoms with Crippen molar-refractivity contribution in [2.75, 3.05) is 0 Å². The molecule has 0 aromatic carbocycles. The molecule has 0 saturated heterocycles. The van der Waals surface area contributed by atoms with E-state index in [1.807, 2.05) is 0 Å². The van der Waals surface area contributed by atoms with E-state index in [1.54, 1.807) is 0 Å². The van der Waals surface area contributed by atoms with Crippen LogP contribution >= 0.6 is 0 Å². The summed E-state index contributed by atoms with van der Waals surface area (Å²) in [4.78, 5) is 0. The first-order valence-corrected chi connectivity index (χ1v) is 5.43. The van der Waals surface area contributed by atoms with Crippen LogP contribution in [0.3, 0.4) is 0 Å². The fraction of sp³-hybridized carbons (Fsp3) is 0.357. The van der Waals surface area contributed by atoms with Gasteiger partial charge in [-0.25, -0.2) is 0 Å². The Bertz CT molecular complexity index is 228. The van der Waals surface area contributed by atoms with E-state index in [0.717, 1.165) is 32.1 Å². The maximum absolute atomic E-state index is 2.30. The normalized spacial score (nSPS) is 28.6. The van der Waals surface area contributed by atoms with Crippen LogP contribution in [0.5, 0.6) is 0 Å². The van der Waals surface area contributed by atoms with E-state index >= 15 is 0 Å². The Morgan fingerprint density at radius 2 is 1.14 bits per heavy atom. The van der Waals surface area contributed by atoms with E-state index in [1.165, 1.54) is 0 Å².